The van der Waals surface area contributed by atoms with Crippen LogP contribution in [0, 0.1) is 5.92 Å². The quantitative estimate of drug-likeness (QED) is 0.371. The molecule has 0 bridgehead atoms. The highest BCUT2D eigenvalue weighted by atomic mass is 31.2. The van der Waals surface area contributed by atoms with Crippen LogP contribution in [0.3, 0.4) is 0 Å². The number of imidazole rings is 1. The molecule has 36 heavy (non-hydrogen) atoms. The number of aliphatic hydroxyl groups is 2. The summed E-state index contributed by atoms with van der Waals surface area (Å²) < 4.78 is 44.0. The van der Waals surface area contributed by atoms with E-state index in [1.54, 1.807) is 0 Å². The van der Waals surface area contributed by atoms with Crippen molar-refractivity contribution in [1.29, 1.82) is 0 Å². The van der Waals surface area contributed by atoms with Gasteiger partial charge in [-0.1, -0.05) is 12.8 Å². The average molecular weight is 530 g/mol. The van der Waals surface area contributed by atoms with Crippen molar-refractivity contribution in [2.45, 2.75) is 75.3 Å². The first-order valence-electron chi connectivity index (χ1n) is 12.4. The van der Waals surface area contributed by atoms with Crippen LogP contribution in [0.15, 0.2) is 6.33 Å². The fourth-order valence-corrected chi connectivity index (χ4v) is 5.56. The van der Waals surface area contributed by atoms with Crippen molar-refractivity contribution in [1.82, 2.24) is 19.5 Å². The summed E-state index contributed by atoms with van der Waals surface area (Å²) in [7, 11) is -3.83. The Morgan fingerprint density at radius 3 is 2.69 bits per heavy atom. The lowest BCUT2D eigenvalue weighted by atomic mass is 9.93. The van der Waals surface area contributed by atoms with Crippen LogP contribution in [0.2, 0.25) is 0 Å². The normalized spacial score (nSPS) is 30.6. The number of rotatable bonds is 8. The van der Waals surface area contributed by atoms with Crippen LogP contribution in [0.1, 0.15) is 56.7 Å². The summed E-state index contributed by atoms with van der Waals surface area (Å²) in [6.45, 7) is 1.65. The van der Waals surface area contributed by atoms with E-state index in [0.717, 1.165) is 32.3 Å². The van der Waals surface area contributed by atoms with Crippen LogP contribution in [0.5, 0.6) is 0 Å². The van der Waals surface area contributed by atoms with Gasteiger partial charge in [0.1, 0.15) is 18.3 Å². The molecule has 2 aromatic heterocycles. The number of ether oxygens (including phenoxy) is 2. The van der Waals surface area contributed by atoms with E-state index >= 15 is 4.39 Å². The molecule has 14 heteroatoms. The minimum absolute atomic E-state index is 0.0740. The molecule has 2 aliphatic heterocycles. The largest absolute Gasteiger partial charge is 0.387 e. The fraction of sp³-hybridized carbons (Fsp3) is 0.773. The third-order valence-corrected chi connectivity index (χ3v) is 7.79. The summed E-state index contributed by atoms with van der Waals surface area (Å²) in [5.74, 6) is 0.598. The van der Waals surface area contributed by atoms with E-state index in [9.17, 15) is 19.7 Å². The Bertz CT molecular complexity index is 1100. The van der Waals surface area contributed by atoms with E-state index in [1.165, 1.54) is 10.9 Å². The number of hydrogen-bond acceptors (Lipinski definition) is 10. The van der Waals surface area contributed by atoms with Gasteiger partial charge in [-0.3, -0.25) is 9.13 Å². The lowest BCUT2D eigenvalue weighted by Gasteiger charge is -2.26. The van der Waals surface area contributed by atoms with E-state index in [1.807, 2.05) is 0 Å². The van der Waals surface area contributed by atoms with E-state index < -0.39 is 44.9 Å². The molecule has 6 atom stereocenters. The van der Waals surface area contributed by atoms with Crippen LogP contribution in [0.25, 0.3) is 11.2 Å². The number of alkyl halides is 1. The molecule has 1 saturated carbocycles. The maximum Gasteiger partial charge on any atom is 0.325 e. The standard InChI is InChI=1S/C22H33FN5O7P/c1-36(31,32)34-10-14-18(30)15(23)22(35-14)28-11-24-16-19(25-13-4-2-3-5-13)26-20(27-21(16)28)17(29)12-6-8-33-9-7-12/h11-15,17-18,22,29-30H,2-10H2,1H3,(H,31,32)(H,25,26,27)/t14-,15+,17?,18-,22-/m1/s1. The number of aromatic nitrogens is 4. The van der Waals surface area contributed by atoms with E-state index in [-0.39, 0.29) is 23.4 Å². The molecule has 3 aliphatic rings. The number of nitrogens with zero attached hydrogens (tertiary/aromatic N) is 4. The minimum Gasteiger partial charge on any atom is -0.387 e. The molecule has 5 rings (SSSR count). The summed E-state index contributed by atoms with van der Waals surface area (Å²) in [5, 5.41) is 24.9. The average Bonchev–Trinajstić information content (AvgIpc) is 3.58. The van der Waals surface area contributed by atoms with Crippen LogP contribution < -0.4 is 5.32 Å². The Balaban J connectivity index is 1.48. The summed E-state index contributed by atoms with van der Waals surface area (Å²) in [5.41, 5.74) is 0.666. The molecule has 0 spiro atoms. The van der Waals surface area contributed by atoms with Crippen molar-refractivity contribution in [2.75, 3.05) is 31.8 Å². The molecule has 0 amide bonds. The predicted octanol–water partition coefficient (Wildman–Crippen LogP) is 2.07. The topological polar surface area (TPSA) is 161 Å². The number of nitrogens with one attached hydrogen (secondary N) is 1. The predicted molar refractivity (Wildman–Crippen MR) is 126 cm³/mol. The number of aliphatic hydroxyl groups excluding tert-OH is 2. The first-order chi connectivity index (χ1) is 17.2. The minimum atomic E-state index is -3.83. The van der Waals surface area contributed by atoms with E-state index in [2.05, 4.69) is 20.3 Å². The van der Waals surface area contributed by atoms with Gasteiger partial charge >= 0.3 is 7.60 Å². The van der Waals surface area contributed by atoms with Crippen molar-refractivity contribution < 1.29 is 38.1 Å². The molecular weight excluding hydrogens is 496 g/mol. The lowest BCUT2D eigenvalue weighted by Crippen LogP contribution is -2.31. The lowest BCUT2D eigenvalue weighted by molar-refractivity contribution is -0.0424. The molecular formula is C22H33FN5O7P. The second-order valence-corrected chi connectivity index (χ2v) is 11.7. The Kier molecular flexibility index (Phi) is 7.60. The Morgan fingerprint density at radius 2 is 2.00 bits per heavy atom. The number of fused-ring (bicyclic) bond motifs is 1. The molecule has 2 saturated heterocycles. The number of anilines is 1. The van der Waals surface area contributed by atoms with Gasteiger partial charge in [-0.05, 0) is 31.6 Å². The van der Waals surface area contributed by atoms with Gasteiger partial charge in [0.15, 0.2) is 35.2 Å². The zero-order valence-corrected chi connectivity index (χ0v) is 21.0. The van der Waals surface area contributed by atoms with Gasteiger partial charge in [0.25, 0.3) is 0 Å². The number of halogens is 1. The zero-order chi connectivity index (χ0) is 25.4. The van der Waals surface area contributed by atoms with Gasteiger partial charge in [0.05, 0.1) is 12.9 Å². The second kappa shape index (κ2) is 10.6. The van der Waals surface area contributed by atoms with E-state index in [4.69, 9.17) is 14.0 Å². The molecule has 12 nitrogen and oxygen atoms in total. The Morgan fingerprint density at radius 1 is 1.28 bits per heavy atom. The molecule has 3 fully saturated rings. The molecule has 200 valence electrons. The van der Waals surface area contributed by atoms with Crippen LogP contribution in [-0.4, -0.2) is 85.5 Å². The van der Waals surface area contributed by atoms with Crippen LogP contribution in [0.4, 0.5) is 10.2 Å². The second-order valence-electron chi connectivity index (χ2n) is 9.87. The molecule has 1 aliphatic carbocycles. The third kappa shape index (κ3) is 5.42. The zero-order valence-electron chi connectivity index (χ0n) is 20.1. The van der Waals surface area contributed by atoms with Gasteiger partial charge < -0.3 is 34.4 Å². The first kappa shape index (κ1) is 25.9. The Hall–Kier alpha value is -1.73. The van der Waals surface area contributed by atoms with Crippen molar-refractivity contribution in [2.24, 2.45) is 5.92 Å². The smallest absolute Gasteiger partial charge is 0.325 e. The summed E-state index contributed by atoms with van der Waals surface area (Å²) in [6, 6.07) is 0.213. The van der Waals surface area contributed by atoms with Gasteiger partial charge in [-0.25, -0.2) is 19.3 Å². The monoisotopic (exact) mass is 529 g/mol. The fourth-order valence-electron chi connectivity index (χ4n) is 5.14. The van der Waals surface area contributed by atoms with Gasteiger partial charge in [-0.2, -0.15) is 0 Å². The molecule has 2 unspecified atom stereocenters. The van der Waals surface area contributed by atoms with Gasteiger partial charge in [0, 0.05) is 25.9 Å². The molecule has 0 aromatic carbocycles. The van der Waals surface area contributed by atoms with Crippen molar-refractivity contribution in [3.63, 3.8) is 0 Å². The molecule has 0 radical (unpaired) electrons. The van der Waals surface area contributed by atoms with Crippen molar-refractivity contribution in [3.8, 4) is 0 Å². The van der Waals surface area contributed by atoms with Crippen molar-refractivity contribution in [3.05, 3.63) is 12.2 Å². The summed E-state index contributed by atoms with van der Waals surface area (Å²) in [4.78, 5) is 23.0. The highest BCUT2D eigenvalue weighted by Crippen LogP contribution is 2.40. The molecule has 2 aromatic rings. The molecule has 4 N–H and O–H groups in total. The van der Waals surface area contributed by atoms with E-state index in [0.29, 0.717) is 37.4 Å². The van der Waals surface area contributed by atoms with Gasteiger partial charge in [0.2, 0.25) is 0 Å². The third-order valence-electron chi connectivity index (χ3n) is 7.16. The van der Waals surface area contributed by atoms with Gasteiger partial charge in [-0.15, -0.1) is 0 Å². The maximum absolute atomic E-state index is 15.2. The Labute approximate surface area is 207 Å². The number of hydrogen-bond donors (Lipinski definition) is 4. The van der Waals surface area contributed by atoms with Crippen molar-refractivity contribution >= 4 is 24.6 Å². The molecule has 4 heterocycles. The van der Waals surface area contributed by atoms with Crippen LogP contribution in [-0.2, 0) is 18.6 Å². The highest BCUT2D eigenvalue weighted by Gasteiger charge is 2.46. The maximum atomic E-state index is 15.2. The highest BCUT2D eigenvalue weighted by molar-refractivity contribution is 7.51. The SMILES string of the molecule is CP(=O)(O)OC[C@H]1O[C@@H](n2cnc3c(NC4CCCC4)nc(C(O)C4CCOCC4)nc32)[C@@H](F)[C@@H]1O. The van der Waals surface area contributed by atoms with Crippen LogP contribution >= 0.6 is 7.60 Å². The summed E-state index contributed by atoms with van der Waals surface area (Å²) >= 11 is 0. The first-order valence-corrected chi connectivity index (χ1v) is 14.4. The summed E-state index contributed by atoms with van der Waals surface area (Å²) in [6.07, 6.45) is 0.0693.